The molecule has 1 atom stereocenters. The fourth-order valence-electron chi connectivity index (χ4n) is 2.60. The first-order valence-corrected chi connectivity index (χ1v) is 6.96. The third-order valence-corrected chi connectivity index (χ3v) is 3.48. The van der Waals surface area contributed by atoms with Crippen LogP contribution in [0.1, 0.15) is 30.3 Å². The van der Waals surface area contributed by atoms with Gasteiger partial charge < -0.3 is 19.9 Å². The SMILES string of the molecule is CC(CN1CCCC1)NC(=O)c1cccn1CC(=O)O. The van der Waals surface area contributed by atoms with E-state index in [1.165, 1.54) is 17.4 Å². The highest BCUT2D eigenvalue weighted by Gasteiger charge is 2.18. The molecule has 1 aliphatic heterocycles. The van der Waals surface area contributed by atoms with Crippen LogP contribution in [0.25, 0.3) is 0 Å². The Labute approximate surface area is 118 Å². The van der Waals surface area contributed by atoms with Gasteiger partial charge in [-0.15, -0.1) is 0 Å². The number of carbonyl (C=O) groups excluding carboxylic acids is 1. The average Bonchev–Trinajstić information content (AvgIpc) is 2.99. The van der Waals surface area contributed by atoms with Gasteiger partial charge in [-0.1, -0.05) is 0 Å². The van der Waals surface area contributed by atoms with Crippen LogP contribution in [0.2, 0.25) is 0 Å². The predicted molar refractivity (Wildman–Crippen MR) is 74.7 cm³/mol. The van der Waals surface area contributed by atoms with Crippen LogP contribution in [0.4, 0.5) is 0 Å². The van der Waals surface area contributed by atoms with E-state index in [1.54, 1.807) is 18.3 Å². The molecule has 1 amide bonds. The van der Waals surface area contributed by atoms with Gasteiger partial charge in [0.2, 0.25) is 0 Å². The number of carboxylic acid groups (broad SMARTS) is 1. The van der Waals surface area contributed by atoms with Gasteiger partial charge in [0.15, 0.2) is 0 Å². The lowest BCUT2D eigenvalue weighted by Gasteiger charge is -2.21. The van der Waals surface area contributed by atoms with Crippen molar-refractivity contribution >= 4 is 11.9 Å². The van der Waals surface area contributed by atoms with Crippen LogP contribution in [-0.4, -0.2) is 52.1 Å². The van der Waals surface area contributed by atoms with Crippen LogP contribution < -0.4 is 5.32 Å². The van der Waals surface area contributed by atoms with E-state index in [2.05, 4.69) is 10.2 Å². The summed E-state index contributed by atoms with van der Waals surface area (Å²) in [6, 6.07) is 3.37. The maximum atomic E-state index is 12.1. The maximum Gasteiger partial charge on any atom is 0.323 e. The highest BCUT2D eigenvalue weighted by molar-refractivity contribution is 5.93. The molecule has 1 aromatic rings. The zero-order valence-electron chi connectivity index (χ0n) is 11.7. The van der Waals surface area contributed by atoms with Crippen molar-refractivity contribution in [3.8, 4) is 0 Å². The summed E-state index contributed by atoms with van der Waals surface area (Å²) in [5.74, 6) is -1.18. The van der Waals surface area contributed by atoms with Crippen LogP contribution in [0.5, 0.6) is 0 Å². The van der Waals surface area contributed by atoms with E-state index >= 15 is 0 Å². The topological polar surface area (TPSA) is 74.6 Å². The molecule has 0 spiro atoms. The number of aromatic nitrogens is 1. The Morgan fingerprint density at radius 2 is 2.10 bits per heavy atom. The summed E-state index contributed by atoms with van der Waals surface area (Å²) < 4.78 is 1.44. The molecular formula is C14H21N3O3. The number of hydrogen-bond acceptors (Lipinski definition) is 3. The van der Waals surface area contributed by atoms with Crippen molar-refractivity contribution < 1.29 is 14.7 Å². The number of aliphatic carboxylic acids is 1. The lowest BCUT2D eigenvalue weighted by molar-refractivity contribution is -0.137. The largest absolute Gasteiger partial charge is 0.480 e. The normalized spacial score (nSPS) is 17.1. The lowest BCUT2D eigenvalue weighted by Crippen LogP contribution is -2.41. The molecule has 0 aliphatic carbocycles. The minimum Gasteiger partial charge on any atom is -0.480 e. The summed E-state index contributed by atoms with van der Waals surface area (Å²) >= 11 is 0. The first-order chi connectivity index (χ1) is 9.56. The smallest absolute Gasteiger partial charge is 0.323 e. The molecule has 1 fully saturated rings. The molecule has 2 N–H and O–H groups in total. The zero-order valence-corrected chi connectivity index (χ0v) is 11.7. The Balaban J connectivity index is 1.90. The zero-order chi connectivity index (χ0) is 14.5. The second-order valence-corrected chi connectivity index (χ2v) is 5.30. The highest BCUT2D eigenvalue weighted by atomic mass is 16.4. The van der Waals surface area contributed by atoms with E-state index in [0.29, 0.717) is 5.69 Å². The molecule has 1 aliphatic rings. The van der Waals surface area contributed by atoms with Crippen LogP contribution in [0.3, 0.4) is 0 Å². The molecule has 20 heavy (non-hydrogen) atoms. The minimum absolute atomic E-state index is 0.0498. The monoisotopic (exact) mass is 279 g/mol. The van der Waals surface area contributed by atoms with E-state index in [4.69, 9.17) is 5.11 Å². The number of nitrogens with one attached hydrogen (secondary N) is 1. The molecule has 6 heteroatoms. The molecule has 1 unspecified atom stereocenters. The molecule has 6 nitrogen and oxygen atoms in total. The van der Waals surface area contributed by atoms with Gasteiger partial charge in [0.1, 0.15) is 12.2 Å². The number of nitrogens with zero attached hydrogens (tertiary/aromatic N) is 2. The Kier molecular flexibility index (Phi) is 4.79. The molecule has 110 valence electrons. The first-order valence-electron chi connectivity index (χ1n) is 6.96. The van der Waals surface area contributed by atoms with Crippen LogP contribution >= 0.6 is 0 Å². The standard InChI is InChI=1S/C14H21N3O3/c1-11(9-16-6-2-3-7-16)15-14(20)12-5-4-8-17(12)10-13(18)19/h4-5,8,11H,2-3,6-7,9-10H2,1H3,(H,15,20)(H,18,19). The molecule has 1 saturated heterocycles. The highest BCUT2D eigenvalue weighted by Crippen LogP contribution is 2.08. The van der Waals surface area contributed by atoms with E-state index in [1.807, 2.05) is 6.92 Å². The van der Waals surface area contributed by atoms with Crippen molar-refractivity contribution in [2.24, 2.45) is 0 Å². The summed E-state index contributed by atoms with van der Waals surface area (Å²) in [5, 5.41) is 11.7. The van der Waals surface area contributed by atoms with Crippen LogP contribution in [0.15, 0.2) is 18.3 Å². The average molecular weight is 279 g/mol. The number of amides is 1. The van der Waals surface area contributed by atoms with Crippen molar-refractivity contribution in [3.63, 3.8) is 0 Å². The van der Waals surface area contributed by atoms with Crippen LogP contribution in [0, 0.1) is 0 Å². The van der Waals surface area contributed by atoms with Crippen molar-refractivity contribution in [3.05, 3.63) is 24.0 Å². The quantitative estimate of drug-likeness (QED) is 0.807. The molecular weight excluding hydrogens is 258 g/mol. The summed E-state index contributed by atoms with van der Waals surface area (Å²) in [6.45, 7) is 4.80. The van der Waals surface area contributed by atoms with Crippen molar-refractivity contribution in [2.45, 2.75) is 32.4 Å². The van der Waals surface area contributed by atoms with E-state index in [9.17, 15) is 9.59 Å². The molecule has 2 heterocycles. The molecule has 0 bridgehead atoms. The van der Waals surface area contributed by atoms with Crippen molar-refractivity contribution in [1.82, 2.24) is 14.8 Å². The maximum absolute atomic E-state index is 12.1. The van der Waals surface area contributed by atoms with E-state index < -0.39 is 5.97 Å². The number of rotatable bonds is 6. The van der Waals surface area contributed by atoms with Gasteiger partial charge in [-0.3, -0.25) is 9.59 Å². The van der Waals surface area contributed by atoms with E-state index in [-0.39, 0.29) is 18.5 Å². The molecule has 0 radical (unpaired) electrons. The van der Waals surface area contributed by atoms with Crippen LogP contribution in [-0.2, 0) is 11.3 Å². The number of likely N-dealkylation sites (tertiary alicyclic amines) is 1. The molecule has 2 rings (SSSR count). The van der Waals surface area contributed by atoms with Crippen molar-refractivity contribution in [2.75, 3.05) is 19.6 Å². The van der Waals surface area contributed by atoms with Gasteiger partial charge in [-0.25, -0.2) is 0 Å². The fraction of sp³-hybridized carbons (Fsp3) is 0.571. The third-order valence-electron chi connectivity index (χ3n) is 3.48. The van der Waals surface area contributed by atoms with Gasteiger partial charge in [-0.05, 0) is 45.0 Å². The molecule has 0 saturated carbocycles. The Morgan fingerprint density at radius 1 is 1.40 bits per heavy atom. The fourth-order valence-corrected chi connectivity index (χ4v) is 2.60. The second-order valence-electron chi connectivity index (χ2n) is 5.30. The Bertz CT molecular complexity index is 478. The van der Waals surface area contributed by atoms with Gasteiger partial charge in [0.25, 0.3) is 5.91 Å². The van der Waals surface area contributed by atoms with Gasteiger partial charge >= 0.3 is 5.97 Å². The number of hydrogen-bond donors (Lipinski definition) is 2. The number of carboxylic acids is 1. The Hall–Kier alpha value is -1.82. The van der Waals surface area contributed by atoms with E-state index in [0.717, 1.165) is 19.6 Å². The van der Waals surface area contributed by atoms with Gasteiger partial charge in [0, 0.05) is 18.8 Å². The lowest BCUT2D eigenvalue weighted by atomic mass is 10.3. The summed E-state index contributed by atoms with van der Waals surface area (Å²) in [7, 11) is 0. The van der Waals surface area contributed by atoms with Crippen molar-refractivity contribution in [1.29, 1.82) is 0 Å². The van der Waals surface area contributed by atoms with Gasteiger partial charge in [0.05, 0.1) is 0 Å². The third kappa shape index (κ3) is 3.84. The van der Waals surface area contributed by atoms with Gasteiger partial charge in [-0.2, -0.15) is 0 Å². The molecule has 1 aromatic heterocycles. The molecule has 0 aromatic carbocycles. The minimum atomic E-state index is -0.958. The summed E-state index contributed by atoms with van der Waals surface area (Å²) in [6.07, 6.45) is 4.05. The Morgan fingerprint density at radius 3 is 2.75 bits per heavy atom. The first kappa shape index (κ1) is 14.6. The number of carbonyl (C=O) groups is 2. The summed E-state index contributed by atoms with van der Waals surface area (Å²) in [4.78, 5) is 25.2. The predicted octanol–water partition coefficient (Wildman–Crippen LogP) is 0.787. The second kappa shape index (κ2) is 6.56. The summed E-state index contributed by atoms with van der Waals surface area (Å²) in [5.41, 5.74) is 0.390.